The van der Waals surface area contributed by atoms with Crippen LogP contribution < -0.4 is 9.64 Å². The first kappa shape index (κ1) is 19.6. The van der Waals surface area contributed by atoms with Crippen LogP contribution in [0.3, 0.4) is 0 Å². The third kappa shape index (κ3) is 4.69. The van der Waals surface area contributed by atoms with Crippen LogP contribution >= 0.6 is 0 Å². The Hall–Kier alpha value is -3.40. The summed E-state index contributed by atoms with van der Waals surface area (Å²) in [5.74, 6) is 2.61. The van der Waals surface area contributed by atoms with Gasteiger partial charge in [0.25, 0.3) is 0 Å². The van der Waals surface area contributed by atoms with E-state index in [1.165, 1.54) is 24.8 Å². The lowest BCUT2D eigenvalue weighted by Gasteiger charge is -2.33. The Bertz CT molecular complexity index is 1120. The molecule has 5 rings (SSSR count). The minimum atomic E-state index is 0.490. The van der Waals surface area contributed by atoms with Crippen molar-refractivity contribution in [1.82, 2.24) is 9.97 Å². The predicted molar refractivity (Wildman–Crippen MR) is 125 cm³/mol. The third-order valence-corrected chi connectivity index (χ3v) is 6.09. The second-order valence-corrected chi connectivity index (χ2v) is 8.27. The van der Waals surface area contributed by atoms with Crippen molar-refractivity contribution < 1.29 is 4.74 Å². The van der Waals surface area contributed by atoms with Crippen LogP contribution in [0.15, 0.2) is 85.2 Å². The van der Waals surface area contributed by atoms with E-state index < -0.39 is 0 Å². The minimum Gasteiger partial charge on any atom is -0.487 e. The largest absolute Gasteiger partial charge is 0.487 e. The molecule has 0 unspecified atom stereocenters. The Morgan fingerprint density at radius 3 is 2.48 bits per heavy atom. The number of hydrogen-bond donors (Lipinski definition) is 0. The molecule has 1 aliphatic rings. The van der Waals surface area contributed by atoms with Gasteiger partial charge in [0.15, 0.2) is 0 Å². The maximum Gasteiger partial charge on any atom is 0.146 e. The molecule has 0 radical (unpaired) electrons. The van der Waals surface area contributed by atoms with Crippen molar-refractivity contribution >= 4 is 16.7 Å². The maximum atomic E-state index is 6.11. The van der Waals surface area contributed by atoms with Crippen LogP contribution in [0, 0.1) is 5.92 Å². The van der Waals surface area contributed by atoms with Gasteiger partial charge in [-0.15, -0.1) is 0 Å². The highest BCUT2D eigenvalue weighted by atomic mass is 16.5. The second kappa shape index (κ2) is 9.17. The van der Waals surface area contributed by atoms with Gasteiger partial charge in [-0.3, -0.25) is 4.98 Å². The number of benzene rings is 2. The quantitative estimate of drug-likeness (QED) is 0.411. The van der Waals surface area contributed by atoms with Gasteiger partial charge in [0.2, 0.25) is 0 Å². The summed E-state index contributed by atoms with van der Waals surface area (Å²) in [6, 6.07) is 25.2. The average Bonchev–Trinajstić information content (AvgIpc) is 2.84. The highest BCUT2D eigenvalue weighted by Gasteiger charge is 2.21. The molecule has 1 aliphatic heterocycles. The molecule has 0 bridgehead atoms. The van der Waals surface area contributed by atoms with Crippen molar-refractivity contribution in [2.75, 3.05) is 18.0 Å². The number of piperidine rings is 1. The van der Waals surface area contributed by atoms with E-state index >= 15 is 0 Å². The van der Waals surface area contributed by atoms with E-state index in [1.807, 2.05) is 30.5 Å². The lowest BCUT2D eigenvalue weighted by atomic mass is 9.90. The van der Waals surface area contributed by atoms with Gasteiger partial charge in [-0.1, -0.05) is 48.5 Å². The van der Waals surface area contributed by atoms with E-state index in [0.29, 0.717) is 6.61 Å². The summed E-state index contributed by atoms with van der Waals surface area (Å²) in [5.41, 5.74) is 3.42. The van der Waals surface area contributed by atoms with Crippen LogP contribution in [0.25, 0.3) is 10.9 Å². The Kier molecular flexibility index (Phi) is 5.79. The fourth-order valence-corrected chi connectivity index (χ4v) is 4.36. The number of fused-ring (bicyclic) bond motifs is 1. The van der Waals surface area contributed by atoms with Gasteiger partial charge in [0.1, 0.15) is 23.7 Å². The fraction of sp³-hybridized carbons (Fsp3) is 0.259. The van der Waals surface area contributed by atoms with Gasteiger partial charge < -0.3 is 9.64 Å². The van der Waals surface area contributed by atoms with Crippen molar-refractivity contribution in [3.05, 3.63) is 96.3 Å². The van der Waals surface area contributed by atoms with Crippen LogP contribution in [-0.2, 0) is 13.0 Å². The van der Waals surface area contributed by atoms with Crippen molar-refractivity contribution in [1.29, 1.82) is 0 Å². The summed E-state index contributed by atoms with van der Waals surface area (Å²) < 4.78 is 6.11. The van der Waals surface area contributed by atoms with Crippen molar-refractivity contribution in [3.8, 4) is 5.75 Å². The first-order chi connectivity index (χ1) is 15.3. The zero-order valence-corrected chi connectivity index (χ0v) is 17.7. The standard InChI is InChI=1S/C27H27N3O/c1-2-6-21(7-3-1)18-22-13-16-30(17-14-22)26-12-11-24-9-4-10-25(27(24)29-26)31-20-23-8-5-15-28-19-23/h1-12,15,19,22H,13-14,16-18,20H2. The topological polar surface area (TPSA) is 38.2 Å². The number of pyridine rings is 2. The van der Waals surface area contributed by atoms with Crippen LogP contribution in [-0.4, -0.2) is 23.1 Å². The number of ether oxygens (including phenoxy) is 1. The molecule has 0 aliphatic carbocycles. The molecular weight excluding hydrogens is 382 g/mol. The van der Waals surface area contributed by atoms with E-state index in [9.17, 15) is 0 Å². The molecule has 0 spiro atoms. The van der Waals surface area contributed by atoms with Crippen molar-refractivity contribution in [2.45, 2.75) is 25.9 Å². The maximum absolute atomic E-state index is 6.11. The summed E-state index contributed by atoms with van der Waals surface area (Å²) in [4.78, 5) is 11.6. The molecule has 4 heteroatoms. The highest BCUT2D eigenvalue weighted by Crippen LogP contribution is 2.29. The third-order valence-electron chi connectivity index (χ3n) is 6.09. The van der Waals surface area contributed by atoms with E-state index in [-0.39, 0.29) is 0 Å². The van der Waals surface area contributed by atoms with E-state index in [1.54, 1.807) is 6.20 Å². The Morgan fingerprint density at radius 2 is 1.68 bits per heavy atom. The van der Waals surface area contributed by atoms with E-state index in [4.69, 9.17) is 9.72 Å². The van der Waals surface area contributed by atoms with Crippen LogP contribution in [0.2, 0.25) is 0 Å². The Balaban J connectivity index is 1.28. The van der Waals surface area contributed by atoms with Crippen LogP contribution in [0.1, 0.15) is 24.0 Å². The molecule has 2 aromatic carbocycles. The van der Waals surface area contributed by atoms with Gasteiger partial charge >= 0.3 is 0 Å². The Morgan fingerprint density at radius 1 is 0.839 bits per heavy atom. The van der Waals surface area contributed by atoms with Crippen LogP contribution in [0.5, 0.6) is 5.75 Å². The highest BCUT2D eigenvalue weighted by molar-refractivity contribution is 5.86. The zero-order chi connectivity index (χ0) is 20.9. The number of hydrogen-bond acceptors (Lipinski definition) is 4. The average molecular weight is 410 g/mol. The molecule has 3 heterocycles. The van der Waals surface area contributed by atoms with Gasteiger partial charge in [0, 0.05) is 36.4 Å². The first-order valence-electron chi connectivity index (χ1n) is 11.1. The molecule has 31 heavy (non-hydrogen) atoms. The molecule has 4 aromatic rings. The zero-order valence-electron chi connectivity index (χ0n) is 17.7. The number of nitrogens with zero attached hydrogens (tertiary/aromatic N) is 3. The molecular formula is C27H27N3O. The second-order valence-electron chi connectivity index (χ2n) is 8.27. The van der Waals surface area contributed by atoms with E-state index in [0.717, 1.165) is 47.0 Å². The fourth-order valence-electron chi connectivity index (χ4n) is 4.36. The van der Waals surface area contributed by atoms with Gasteiger partial charge in [-0.05, 0) is 55.0 Å². The monoisotopic (exact) mass is 409 g/mol. The number of rotatable bonds is 6. The Labute approximate surface area is 183 Å². The predicted octanol–water partition coefficient (Wildman–Crippen LogP) is 5.67. The van der Waals surface area contributed by atoms with Crippen LogP contribution in [0.4, 0.5) is 5.82 Å². The lowest BCUT2D eigenvalue weighted by Crippen LogP contribution is -2.34. The molecule has 1 fully saturated rings. The van der Waals surface area contributed by atoms with Gasteiger partial charge in [-0.2, -0.15) is 0 Å². The summed E-state index contributed by atoms with van der Waals surface area (Å²) >= 11 is 0. The molecule has 0 N–H and O–H groups in total. The normalized spacial score (nSPS) is 14.6. The van der Waals surface area contributed by atoms with Crippen molar-refractivity contribution in [3.63, 3.8) is 0 Å². The smallest absolute Gasteiger partial charge is 0.146 e. The molecule has 0 atom stereocenters. The van der Waals surface area contributed by atoms with E-state index in [2.05, 4.69) is 58.4 Å². The molecule has 2 aromatic heterocycles. The summed E-state index contributed by atoms with van der Waals surface area (Å²) in [5, 5.41) is 1.10. The van der Waals surface area contributed by atoms with Gasteiger partial charge in [0.05, 0.1) is 0 Å². The summed E-state index contributed by atoms with van der Waals surface area (Å²) in [7, 11) is 0. The number of aromatic nitrogens is 2. The molecule has 0 amide bonds. The van der Waals surface area contributed by atoms with Crippen molar-refractivity contribution in [2.24, 2.45) is 5.92 Å². The first-order valence-corrected chi connectivity index (χ1v) is 11.1. The molecule has 4 nitrogen and oxygen atoms in total. The lowest BCUT2D eigenvalue weighted by molar-refractivity contribution is 0.309. The minimum absolute atomic E-state index is 0.490. The SMILES string of the molecule is c1ccc(CC2CCN(c3ccc4cccc(OCc5cccnc5)c4n3)CC2)cc1. The number of para-hydroxylation sites is 1. The summed E-state index contributed by atoms with van der Waals surface area (Å²) in [6.07, 6.45) is 7.19. The molecule has 1 saturated heterocycles. The number of anilines is 1. The summed E-state index contributed by atoms with van der Waals surface area (Å²) in [6.45, 7) is 2.59. The van der Waals surface area contributed by atoms with Gasteiger partial charge in [-0.25, -0.2) is 4.98 Å². The molecule has 0 saturated carbocycles. The molecule has 156 valence electrons.